The number of hydrogen-bond donors (Lipinski definition) is 0. The molecule has 0 heterocycles. The van der Waals surface area contributed by atoms with Gasteiger partial charge in [-0.2, -0.15) is 0 Å². The van der Waals surface area contributed by atoms with Gasteiger partial charge in [0.25, 0.3) is 0 Å². The molecule has 2 nitrogen and oxygen atoms in total. The van der Waals surface area contributed by atoms with Crippen molar-refractivity contribution in [2.24, 2.45) is 11.3 Å². The molecule has 2 aliphatic carbocycles. The highest BCUT2D eigenvalue weighted by atomic mass is 19.1. The lowest BCUT2D eigenvalue weighted by Crippen LogP contribution is -2.55. The van der Waals surface area contributed by atoms with Gasteiger partial charge in [-0.25, -0.2) is 4.39 Å². The van der Waals surface area contributed by atoms with Crippen LogP contribution >= 0.6 is 0 Å². The zero-order valence-corrected chi connectivity index (χ0v) is 11.6. The Morgan fingerprint density at radius 2 is 2.00 bits per heavy atom. The molecular formula is C15H23FO2. The molecule has 0 atom stereocenters. The molecule has 0 N–H and O–H groups in total. The first-order valence-electron chi connectivity index (χ1n) is 6.70. The van der Waals surface area contributed by atoms with Crippen molar-refractivity contribution in [3.63, 3.8) is 0 Å². The minimum atomic E-state index is -1.14. The number of halogens is 1. The van der Waals surface area contributed by atoms with Crippen LogP contribution in [-0.2, 0) is 9.53 Å². The van der Waals surface area contributed by atoms with Gasteiger partial charge in [0.15, 0.2) is 0 Å². The summed E-state index contributed by atoms with van der Waals surface area (Å²) < 4.78 is 19.1. The van der Waals surface area contributed by atoms with E-state index in [1.807, 2.05) is 20.8 Å². The third-order valence-corrected chi connectivity index (χ3v) is 4.02. The van der Waals surface area contributed by atoms with E-state index in [1.54, 1.807) is 0 Å². The number of esters is 1. The Bertz CT molecular complexity index is 353. The van der Waals surface area contributed by atoms with E-state index in [2.05, 4.69) is 6.58 Å². The fourth-order valence-corrected chi connectivity index (χ4v) is 3.56. The second-order valence-electron chi connectivity index (χ2n) is 7.16. The zero-order valence-electron chi connectivity index (χ0n) is 11.6. The van der Waals surface area contributed by atoms with Crippen molar-refractivity contribution < 1.29 is 13.9 Å². The van der Waals surface area contributed by atoms with Crippen molar-refractivity contribution in [1.82, 2.24) is 0 Å². The molecule has 18 heavy (non-hydrogen) atoms. The summed E-state index contributed by atoms with van der Waals surface area (Å²) in [5.41, 5.74) is -1.39. The van der Waals surface area contributed by atoms with E-state index in [4.69, 9.17) is 4.74 Å². The van der Waals surface area contributed by atoms with Crippen molar-refractivity contribution in [2.45, 2.75) is 64.1 Å². The van der Waals surface area contributed by atoms with Gasteiger partial charge in [-0.15, -0.1) is 0 Å². The largest absolute Gasteiger partial charge is 0.460 e. The Kier molecular flexibility index (Phi) is 3.07. The Balaban J connectivity index is 1.72. The highest BCUT2D eigenvalue weighted by molar-refractivity contribution is 5.70. The van der Waals surface area contributed by atoms with Gasteiger partial charge >= 0.3 is 5.97 Å². The highest BCUT2D eigenvalue weighted by Gasteiger charge is 2.59. The maximum atomic E-state index is 13.8. The van der Waals surface area contributed by atoms with Crippen LogP contribution in [0, 0.1) is 11.3 Å². The predicted molar refractivity (Wildman–Crippen MR) is 68.9 cm³/mol. The van der Waals surface area contributed by atoms with Gasteiger partial charge in [0.1, 0.15) is 11.3 Å². The van der Waals surface area contributed by atoms with Gasteiger partial charge in [-0.05, 0) is 57.8 Å². The average Bonchev–Trinajstić information content (AvgIpc) is 2.08. The number of carbonyl (C=O) groups excluding carboxylic acids is 1. The van der Waals surface area contributed by atoms with Crippen LogP contribution in [0.25, 0.3) is 0 Å². The number of carbonyl (C=O) groups is 1. The Labute approximate surface area is 109 Å². The number of alkyl halides is 1. The average molecular weight is 254 g/mol. The summed E-state index contributed by atoms with van der Waals surface area (Å²) in [5, 5.41) is 0. The third kappa shape index (κ3) is 2.76. The minimum Gasteiger partial charge on any atom is -0.460 e. The van der Waals surface area contributed by atoms with Gasteiger partial charge in [0.2, 0.25) is 0 Å². The molecule has 2 saturated carbocycles. The van der Waals surface area contributed by atoms with Gasteiger partial charge in [-0.3, -0.25) is 4.79 Å². The number of rotatable bonds is 3. The zero-order chi connectivity index (χ0) is 13.6. The van der Waals surface area contributed by atoms with Crippen LogP contribution < -0.4 is 0 Å². The molecule has 3 heteroatoms. The smallest absolute Gasteiger partial charge is 0.306 e. The quantitative estimate of drug-likeness (QED) is 0.565. The summed E-state index contributed by atoms with van der Waals surface area (Å²) in [6, 6.07) is 0. The molecular weight excluding hydrogens is 231 g/mol. The monoisotopic (exact) mass is 254 g/mol. The number of hydrogen-bond acceptors (Lipinski definition) is 2. The first kappa shape index (κ1) is 13.6. The normalized spacial score (nSPS) is 38.8. The molecule has 2 fully saturated rings. The van der Waals surface area contributed by atoms with Crippen LogP contribution in [0.4, 0.5) is 4.39 Å². The summed E-state index contributed by atoms with van der Waals surface area (Å²) >= 11 is 0. The lowest BCUT2D eigenvalue weighted by molar-refractivity contribution is -0.162. The fraction of sp³-hybridized carbons (Fsp3) is 0.800. The maximum absolute atomic E-state index is 13.8. The van der Waals surface area contributed by atoms with Crippen LogP contribution in [-0.4, -0.2) is 17.2 Å². The predicted octanol–water partition coefficient (Wildman–Crippen LogP) is 3.80. The minimum absolute atomic E-state index is 0.128. The molecule has 0 bridgehead atoms. The summed E-state index contributed by atoms with van der Waals surface area (Å²) in [4.78, 5) is 11.7. The lowest BCUT2D eigenvalue weighted by Gasteiger charge is -2.59. The molecule has 0 amide bonds. The summed E-state index contributed by atoms with van der Waals surface area (Å²) in [5.74, 6) is 0.256. The summed E-state index contributed by atoms with van der Waals surface area (Å²) in [6.45, 7) is 9.16. The van der Waals surface area contributed by atoms with Gasteiger partial charge in [-0.1, -0.05) is 12.7 Å². The SMILES string of the molecule is C=CC1(F)CC2(CC(CC(=O)OC(C)(C)C)C2)C1. The van der Waals surface area contributed by atoms with Gasteiger partial charge in [0.05, 0.1) is 0 Å². The molecule has 1 spiro atoms. The van der Waals surface area contributed by atoms with E-state index in [0.29, 0.717) is 25.2 Å². The van der Waals surface area contributed by atoms with Gasteiger partial charge < -0.3 is 4.74 Å². The Morgan fingerprint density at radius 1 is 1.44 bits per heavy atom. The second-order valence-corrected chi connectivity index (χ2v) is 7.16. The van der Waals surface area contributed by atoms with E-state index < -0.39 is 11.3 Å². The molecule has 0 unspecified atom stereocenters. The Hall–Kier alpha value is -0.860. The molecule has 0 aromatic heterocycles. The van der Waals surface area contributed by atoms with Crippen LogP contribution in [0.2, 0.25) is 0 Å². The van der Waals surface area contributed by atoms with Crippen molar-refractivity contribution in [3.05, 3.63) is 12.7 Å². The maximum Gasteiger partial charge on any atom is 0.306 e. The van der Waals surface area contributed by atoms with Crippen LogP contribution in [0.3, 0.4) is 0 Å². The number of allylic oxidation sites excluding steroid dienone is 1. The summed E-state index contributed by atoms with van der Waals surface area (Å²) in [7, 11) is 0. The third-order valence-electron chi connectivity index (χ3n) is 4.02. The lowest BCUT2D eigenvalue weighted by atomic mass is 9.46. The van der Waals surface area contributed by atoms with Gasteiger partial charge in [0, 0.05) is 6.42 Å². The van der Waals surface area contributed by atoms with E-state index in [0.717, 1.165) is 12.8 Å². The highest BCUT2D eigenvalue weighted by Crippen LogP contribution is 2.64. The molecule has 0 radical (unpaired) electrons. The van der Waals surface area contributed by atoms with Crippen molar-refractivity contribution in [2.75, 3.05) is 0 Å². The standard InChI is InChI=1S/C15H23FO2/c1-5-15(16)9-14(10-15)7-11(8-14)6-12(17)18-13(2,3)4/h5,11H,1,6-10H2,2-4H3. The Morgan fingerprint density at radius 3 is 2.44 bits per heavy atom. The van der Waals surface area contributed by atoms with Crippen LogP contribution in [0.5, 0.6) is 0 Å². The molecule has 0 saturated heterocycles. The molecule has 0 aromatic carbocycles. The molecule has 0 aliphatic heterocycles. The molecule has 2 aliphatic rings. The number of ether oxygens (including phenoxy) is 1. The van der Waals surface area contributed by atoms with E-state index in [-0.39, 0.29) is 11.4 Å². The first-order valence-corrected chi connectivity index (χ1v) is 6.70. The van der Waals surface area contributed by atoms with Crippen LogP contribution in [0.15, 0.2) is 12.7 Å². The van der Waals surface area contributed by atoms with E-state index in [1.165, 1.54) is 6.08 Å². The van der Waals surface area contributed by atoms with E-state index >= 15 is 0 Å². The van der Waals surface area contributed by atoms with Crippen molar-refractivity contribution >= 4 is 5.97 Å². The summed E-state index contributed by atoms with van der Waals surface area (Å²) in [6.07, 6.45) is 5.02. The van der Waals surface area contributed by atoms with Crippen LogP contribution in [0.1, 0.15) is 52.9 Å². The molecule has 2 rings (SSSR count). The molecule has 0 aromatic rings. The van der Waals surface area contributed by atoms with Crippen molar-refractivity contribution in [1.29, 1.82) is 0 Å². The second kappa shape index (κ2) is 4.07. The molecule has 102 valence electrons. The first-order chi connectivity index (χ1) is 8.15. The topological polar surface area (TPSA) is 26.3 Å². The fourth-order valence-electron chi connectivity index (χ4n) is 3.56. The van der Waals surface area contributed by atoms with Crippen molar-refractivity contribution in [3.8, 4) is 0 Å². The van der Waals surface area contributed by atoms with E-state index in [9.17, 15) is 9.18 Å².